The van der Waals surface area contributed by atoms with E-state index in [0.717, 1.165) is 5.56 Å². The zero-order valence-electron chi connectivity index (χ0n) is 16.7. The maximum absolute atomic E-state index is 12.6. The van der Waals surface area contributed by atoms with Crippen LogP contribution in [0.15, 0.2) is 78.0 Å². The second-order valence-electron chi connectivity index (χ2n) is 6.50. The van der Waals surface area contributed by atoms with Gasteiger partial charge in [0.15, 0.2) is 0 Å². The summed E-state index contributed by atoms with van der Waals surface area (Å²) in [6.45, 7) is -2.76. The molecule has 1 aromatic heterocycles. The number of rotatable bonds is 10. The number of anilines is 2. The fraction of sp³-hybridized carbons (Fsp3) is 0.143. The number of sulfonamides is 1. The van der Waals surface area contributed by atoms with Crippen LogP contribution < -0.4 is 20.1 Å². The zero-order chi connectivity index (χ0) is 23.0. The molecule has 1 heterocycles. The van der Waals surface area contributed by atoms with Crippen molar-refractivity contribution >= 4 is 27.3 Å². The number of ether oxygens (including phenoxy) is 1. The van der Waals surface area contributed by atoms with Gasteiger partial charge < -0.3 is 15.4 Å². The Hall–Kier alpha value is -3.73. The summed E-state index contributed by atoms with van der Waals surface area (Å²) in [5, 5.41) is 5.63. The quantitative estimate of drug-likeness (QED) is 0.427. The lowest BCUT2D eigenvalue weighted by molar-refractivity contribution is -0.119. The number of carbonyl (C=O) groups is 1. The highest BCUT2D eigenvalue weighted by Crippen LogP contribution is 2.28. The SMILES string of the molecule is O=C(CNc1ccc(S(=O)(=O)Nc2ccccc2OC(F)F)cc1)NCc1cccnc1. The molecule has 3 rings (SSSR count). The Bertz CT molecular complexity index is 1140. The third-order valence-corrected chi connectivity index (χ3v) is 5.56. The summed E-state index contributed by atoms with van der Waals surface area (Å²) >= 11 is 0. The number of amides is 1. The highest BCUT2D eigenvalue weighted by Gasteiger charge is 2.18. The minimum Gasteiger partial charge on any atom is -0.433 e. The van der Waals surface area contributed by atoms with E-state index in [0.29, 0.717) is 12.2 Å². The first-order valence-electron chi connectivity index (χ1n) is 9.40. The molecular formula is C21H20F2N4O4S. The van der Waals surface area contributed by atoms with Crippen LogP contribution in [0.1, 0.15) is 5.56 Å². The smallest absolute Gasteiger partial charge is 0.387 e. The first kappa shape index (κ1) is 22.9. The number of benzene rings is 2. The number of hydrogen-bond donors (Lipinski definition) is 3. The van der Waals surface area contributed by atoms with Gasteiger partial charge in [0.1, 0.15) is 5.75 Å². The van der Waals surface area contributed by atoms with Gasteiger partial charge in [0.25, 0.3) is 10.0 Å². The van der Waals surface area contributed by atoms with Crippen LogP contribution in [-0.2, 0) is 21.4 Å². The summed E-state index contributed by atoms with van der Waals surface area (Å²) in [6, 6.07) is 14.7. The van der Waals surface area contributed by atoms with Crippen LogP contribution in [0.5, 0.6) is 5.75 Å². The Balaban J connectivity index is 1.57. The van der Waals surface area contributed by atoms with Crippen LogP contribution in [0.4, 0.5) is 20.2 Å². The fourth-order valence-electron chi connectivity index (χ4n) is 2.65. The largest absolute Gasteiger partial charge is 0.433 e. The van der Waals surface area contributed by atoms with Crippen LogP contribution in [0.3, 0.4) is 0 Å². The molecule has 0 atom stereocenters. The van der Waals surface area contributed by atoms with E-state index in [4.69, 9.17) is 0 Å². The van der Waals surface area contributed by atoms with Crippen molar-refractivity contribution in [2.24, 2.45) is 0 Å². The lowest BCUT2D eigenvalue weighted by Gasteiger charge is -2.13. The molecule has 0 fully saturated rings. The van der Waals surface area contributed by atoms with Crippen molar-refractivity contribution < 1.29 is 26.7 Å². The highest BCUT2D eigenvalue weighted by molar-refractivity contribution is 7.92. The Morgan fingerprint density at radius 2 is 1.78 bits per heavy atom. The monoisotopic (exact) mass is 462 g/mol. The molecule has 2 aromatic carbocycles. The predicted octanol–water partition coefficient (Wildman–Crippen LogP) is 3.21. The van der Waals surface area contributed by atoms with E-state index in [-0.39, 0.29) is 28.8 Å². The summed E-state index contributed by atoms with van der Waals surface area (Å²) in [4.78, 5) is 15.8. The fourth-order valence-corrected chi connectivity index (χ4v) is 3.72. The van der Waals surface area contributed by atoms with E-state index in [1.807, 2.05) is 6.07 Å². The van der Waals surface area contributed by atoms with Crippen molar-refractivity contribution in [2.75, 3.05) is 16.6 Å². The van der Waals surface area contributed by atoms with Crippen LogP contribution >= 0.6 is 0 Å². The van der Waals surface area contributed by atoms with Crippen LogP contribution in [-0.4, -0.2) is 32.5 Å². The summed E-state index contributed by atoms with van der Waals surface area (Å²) in [5.41, 5.74) is 1.28. The Morgan fingerprint density at radius 1 is 1.03 bits per heavy atom. The molecule has 0 aliphatic heterocycles. The molecule has 0 aliphatic rings. The number of para-hydroxylation sites is 2. The number of nitrogens with one attached hydrogen (secondary N) is 3. The second kappa shape index (κ2) is 10.5. The normalized spacial score (nSPS) is 11.1. The van der Waals surface area contributed by atoms with Gasteiger partial charge in [-0.15, -0.1) is 0 Å². The molecule has 0 bridgehead atoms. The molecule has 0 saturated heterocycles. The standard InChI is InChI=1S/C21H20F2N4O4S/c22-21(23)31-19-6-2-1-5-18(19)27-32(29,30)17-9-7-16(8-10-17)25-14-20(28)26-13-15-4-3-11-24-12-15/h1-12,21,25,27H,13-14H2,(H,26,28). The lowest BCUT2D eigenvalue weighted by Crippen LogP contribution is -2.29. The van der Waals surface area contributed by atoms with Crippen molar-refractivity contribution in [2.45, 2.75) is 18.1 Å². The number of halogens is 2. The van der Waals surface area contributed by atoms with Gasteiger partial charge in [-0.3, -0.25) is 14.5 Å². The summed E-state index contributed by atoms with van der Waals surface area (Å²) in [7, 11) is -4.05. The van der Waals surface area contributed by atoms with Gasteiger partial charge in [-0.2, -0.15) is 8.78 Å². The molecule has 3 aromatic rings. The average molecular weight is 462 g/mol. The molecule has 1 amide bonds. The van der Waals surface area contributed by atoms with Crippen LogP contribution in [0.2, 0.25) is 0 Å². The van der Waals surface area contributed by atoms with Gasteiger partial charge in [0, 0.05) is 24.6 Å². The average Bonchev–Trinajstić information content (AvgIpc) is 2.78. The molecule has 0 radical (unpaired) electrons. The number of hydrogen-bond acceptors (Lipinski definition) is 6. The molecule has 0 aliphatic carbocycles. The number of alkyl halides is 2. The van der Waals surface area contributed by atoms with Gasteiger partial charge in [0.05, 0.1) is 17.1 Å². The van der Waals surface area contributed by atoms with E-state index in [1.54, 1.807) is 18.5 Å². The van der Waals surface area contributed by atoms with E-state index >= 15 is 0 Å². The molecule has 11 heteroatoms. The van der Waals surface area contributed by atoms with E-state index in [1.165, 1.54) is 48.5 Å². The second-order valence-corrected chi connectivity index (χ2v) is 8.18. The minimum atomic E-state index is -4.05. The maximum Gasteiger partial charge on any atom is 0.387 e. The Morgan fingerprint density at radius 3 is 2.47 bits per heavy atom. The first-order chi connectivity index (χ1) is 15.3. The van der Waals surface area contributed by atoms with Gasteiger partial charge in [-0.05, 0) is 48.0 Å². The first-order valence-corrected chi connectivity index (χ1v) is 10.9. The van der Waals surface area contributed by atoms with Crippen molar-refractivity contribution in [1.82, 2.24) is 10.3 Å². The van der Waals surface area contributed by atoms with Gasteiger partial charge in [-0.25, -0.2) is 8.42 Å². The molecular weight excluding hydrogens is 442 g/mol. The number of nitrogens with zero attached hydrogens (tertiary/aromatic N) is 1. The molecule has 3 N–H and O–H groups in total. The summed E-state index contributed by atoms with van der Waals surface area (Å²) < 4.78 is 56.8. The topological polar surface area (TPSA) is 109 Å². The predicted molar refractivity (Wildman–Crippen MR) is 115 cm³/mol. The van der Waals surface area contributed by atoms with Crippen molar-refractivity contribution in [3.05, 3.63) is 78.6 Å². The molecule has 8 nitrogen and oxygen atoms in total. The third-order valence-electron chi connectivity index (χ3n) is 4.18. The van der Waals surface area contributed by atoms with Gasteiger partial charge in [0.2, 0.25) is 5.91 Å². The number of aromatic nitrogens is 1. The third kappa shape index (κ3) is 6.64. The number of pyridine rings is 1. The Kier molecular flexibility index (Phi) is 7.55. The zero-order valence-corrected chi connectivity index (χ0v) is 17.5. The van der Waals surface area contributed by atoms with E-state index in [9.17, 15) is 22.0 Å². The molecule has 0 spiro atoms. The van der Waals surface area contributed by atoms with Crippen LogP contribution in [0, 0.1) is 0 Å². The summed E-state index contributed by atoms with van der Waals surface area (Å²) in [6.07, 6.45) is 3.29. The van der Waals surface area contributed by atoms with Gasteiger partial charge in [-0.1, -0.05) is 18.2 Å². The van der Waals surface area contributed by atoms with Crippen molar-refractivity contribution in [1.29, 1.82) is 0 Å². The van der Waals surface area contributed by atoms with E-state index in [2.05, 4.69) is 25.1 Å². The van der Waals surface area contributed by atoms with Crippen molar-refractivity contribution in [3.63, 3.8) is 0 Å². The molecule has 168 valence electrons. The highest BCUT2D eigenvalue weighted by atomic mass is 32.2. The summed E-state index contributed by atoms with van der Waals surface area (Å²) in [5.74, 6) is -0.537. The van der Waals surface area contributed by atoms with Gasteiger partial charge >= 0.3 is 6.61 Å². The van der Waals surface area contributed by atoms with E-state index < -0.39 is 16.6 Å². The van der Waals surface area contributed by atoms with Crippen molar-refractivity contribution in [3.8, 4) is 5.75 Å². The Labute approximate surface area is 183 Å². The lowest BCUT2D eigenvalue weighted by atomic mass is 10.3. The molecule has 0 unspecified atom stereocenters. The molecule has 0 saturated carbocycles. The number of carbonyl (C=O) groups excluding carboxylic acids is 1. The molecule has 32 heavy (non-hydrogen) atoms. The maximum atomic E-state index is 12.6. The minimum absolute atomic E-state index is 0.0110. The van der Waals surface area contributed by atoms with Crippen LogP contribution in [0.25, 0.3) is 0 Å².